The van der Waals surface area contributed by atoms with Crippen molar-refractivity contribution in [2.24, 2.45) is 0 Å². The van der Waals surface area contributed by atoms with Crippen LogP contribution in [0.3, 0.4) is 0 Å². The number of benzene rings is 3. The number of hydrogen-bond acceptors (Lipinski definition) is 3. The fourth-order valence-electron chi connectivity index (χ4n) is 2.93. The minimum atomic E-state index is -0.381. The molecular formula is C23H20BrFN2O3. The van der Waals surface area contributed by atoms with Gasteiger partial charge >= 0.3 is 0 Å². The van der Waals surface area contributed by atoms with Gasteiger partial charge in [0.1, 0.15) is 11.6 Å². The molecule has 0 radical (unpaired) electrons. The molecule has 0 aliphatic carbocycles. The van der Waals surface area contributed by atoms with Crippen LogP contribution in [0.25, 0.3) is 0 Å². The van der Waals surface area contributed by atoms with Gasteiger partial charge in [0.2, 0.25) is 0 Å². The maximum Gasteiger partial charge on any atom is 0.262 e. The first-order chi connectivity index (χ1) is 14.3. The van der Waals surface area contributed by atoms with E-state index in [1.165, 1.54) is 24.3 Å². The fourth-order valence-corrected chi connectivity index (χ4v) is 3.62. The van der Waals surface area contributed by atoms with Crippen molar-refractivity contribution in [3.05, 3.63) is 87.6 Å². The molecule has 0 atom stereocenters. The van der Waals surface area contributed by atoms with E-state index in [1.54, 1.807) is 24.3 Å². The molecule has 0 saturated heterocycles. The van der Waals surface area contributed by atoms with Gasteiger partial charge in [-0.15, -0.1) is 0 Å². The average molecular weight is 471 g/mol. The van der Waals surface area contributed by atoms with E-state index in [1.807, 2.05) is 26.0 Å². The van der Waals surface area contributed by atoms with E-state index in [-0.39, 0.29) is 24.2 Å². The summed E-state index contributed by atoms with van der Waals surface area (Å²) in [5, 5.41) is 5.41. The number of anilines is 2. The van der Waals surface area contributed by atoms with Crippen molar-refractivity contribution in [2.45, 2.75) is 13.8 Å². The Bertz CT molecular complexity index is 1060. The molecule has 0 spiro atoms. The van der Waals surface area contributed by atoms with E-state index in [2.05, 4.69) is 26.6 Å². The second-order valence-corrected chi connectivity index (χ2v) is 7.66. The molecular weight excluding hydrogens is 451 g/mol. The van der Waals surface area contributed by atoms with E-state index >= 15 is 0 Å². The van der Waals surface area contributed by atoms with E-state index in [0.717, 1.165) is 15.6 Å². The number of rotatable bonds is 6. The highest BCUT2D eigenvalue weighted by atomic mass is 79.9. The molecule has 154 valence electrons. The van der Waals surface area contributed by atoms with Crippen molar-refractivity contribution in [2.75, 3.05) is 17.2 Å². The van der Waals surface area contributed by atoms with E-state index in [4.69, 9.17) is 4.74 Å². The van der Waals surface area contributed by atoms with Crippen LogP contribution in [0.4, 0.5) is 15.8 Å². The zero-order valence-corrected chi connectivity index (χ0v) is 18.0. The van der Waals surface area contributed by atoms with Crippen LogP contribution in [0.15, 0.2) is 65.1 Å². The maximum absolute atomic E-state index is 13.0. The quantitative estimate of drug-likeness (QED) is 0.501. The van der Waals surface area contributed by atoms with Crippen LogP contribution in [0.1, 0.15) is 21.5 Å². The largest absolute Gasteiger partial charge is 0.483 e. The van der Waals surface area contributed by atoms with Crippen molar-refractivity contribution in [1.29, 1.82) is 0 Å². The first-order valence-electron chi connectivity index (χ1n) is 9.18. The normalized spacial score (nSPS) is 10.4. The maximum atomic E-state index is 13.0. The summed E-state index contributed by atoms with van der Waals surface area (Å²) in [4.78, 5) is 24.7. The van der Waals surface area contributed by atoms with Crippen LogP contribution >= 0.6 is 15.9 Å². The first-order valence-corrected chi connectivity index (χ1v) is 9.97. The number of aryl methyl sites for hydroxylation is 2. The van der Waals surface area contributed by atoms with Crippen molar-refractivity contribution >= 4 is 39.1 Å². The molecule has 7 heteroatoms. The molecule has 0 aromatic heterocycles. The number of nitrogens with one attached hydrogen (secondary N) is 2. The molecule has 0 unspecified atom stereocenters. The second kappa shape index (κ2) is 9.54. The summed E-state index contributed by atoms with van der Waals surface area (Å²) < 4.78 is 19.6. The summed E-state index contributed by atoms with van der Waals surface area (Å²) >= 11 is 3.43. The third kappa shape index (κ3) is 5.67. The summed E-state index contributed by atoms with van der Waals surface area (Å²) in [5.41, 5.74) is 3.16. The van der Waals surface area contributed by atoms with Crippen molar-refractivity contribution in [3.8, 4) is 5.75 Å². The number of amides is 2. The monoisotopic (exact) mass is 470 g/mol. The molecule has 0 fully saturated rings. The van der Waals surface area contributed by atoms with E-state index in [0.29, 0.717) is 22.7 Å². The fraction of sp³-hybridized carbons (Fsp3) is 0.130. The highest BCUT2D eigenvalue weighted by Crippen LogP contribution is 2.27. The van der Waals surface area contributed by atoms with Crippen molar-refractivity contribution in [1.82, 2.24) is 0 Å². The lowest BCUT2D eigenvalue weighted by Crippen LogP contribution is -2.21. The predicted molar refractivity (Wildman–Crippen MR) is 119 cm³/mol. The van der Waals surface area contributed by atoms with Crippen molar-refractivity contribution in [3.63, 3.8) is 0 Å². The summed E-state index contributed by atoms with van der Waals surface area (Å²) in [6.07, 6.45) is 0. The van der Waals surface area contributed by atoms with Gasteiger partial charge in [0.15, 0.2) is 6.61 Å². The lowest BCUT2D eigenvalue weighted by molar-refractivity contribution is -0.118. The topological polar surface area (TPSA) is 67.4 Å². The van der Waals surface area contributed by atoms with E-state index in [9.17, 15) is 14.0 Å². The molecule has 30 heavy (non-hydrogen) atoms. The third-order valence-corrected chi connectivity index (χ3v) is 4.74. The van der Waals surface area contributed by atoms with Gasteiger partial charge < -0.3 is 15.4 Å². The molecule has 0 aliphatic heterocycles. The van der Waals surface area contributed by atoms with Gasteiger partial charge in [-0.2, -0.15) is 0 Å². The Hall–Kier alpha value is -3.19. The number of ether oxygens (including phenoxy) is 1. The summed E-state index contributed by atoms with van der Waals surface area (Å²) in [6, 6.07) is 15.9. The smallest absolute Gasteiger partial charge is 0.262 e. The van der Waals surface area contributed by atoms with Gasteiger partial charge in [0.25, 0.3) is 11.8 Å². The van der Waals surface area contributed by atoms with Gasteiger partial charge in [-0.1, -0.05) is 22.0 Å². The Kier molecular flexibility index (Phi) is 6.84. The molecule has 0 bridgehead atoms. The van der Waals surface area contributed by atoms with Gasteiger partial charge in [0, 0.05) is 21.4 Å². The first kappa shape index (κ1) is 21.5. The van der Waals surface area contributed by atoms with Crippen molar-refractivity contribution < 1.29 is 18.7 Å². The van der Waals surface area contributed by atoms with Gasteiger partial charge in [-0.3, -0.25) is 9.59 Å². The molecule has 2 amide bonds. The Morgan fingerprint density at radius 1 is 0.933 bits per heavy atom. The van der Waals surface area contributed by atoms with Crippen LogP contribution in [0, 0.1) is 19.7 Å². The molecule has 2 N–H and O–H groups in total. The summed E-state index contributed by atoms with van der Waals surface area (Å²) in [6.45, 7) is 3.66. The lowest BCUT2D eigenvalue weighted by atomic mass is 10.1. The highest BCUT2D eigenvalue weighted by Gasteiger charge is 2.11. The van der Waals surface area contributed by atoms with Gasteiger partial charge in [0.05, 0.1) is 0 Å². The van der Waals surface area contributed by atoms with Gasteiger partial charge in [-0.25, -0.2) is 4.39 Å². The van der Waals surface area contributed by atoms with Crippen LogP contribution < -0.4 is 15.4 Å². The molecule has 0 saturated carbocycles. The van der Waals surface area contributed by atoms with E-state index < -0.39 is 0 Å². The van der Waals surface area contributed by atoms with Crippen LogP contribution in [0.2, 0.25) is 0 Å². The lowest BCUT2D eigenvalue weighted by Gasteiger charge is -2.13. The number of hydrogen-bond donors (Lipinski definition) is 2. The minimum absolute atomic E-state index is 0.157. The number of halogens is 2. The molecule has 3 rings (SSSR count). The second-order valence-electron chi connectivity index (χ2n) is 6.75. The number of carbonyl (C=O) groups is 2. The Morgan fingerprint density at radius 3 is 2.27 bits per heavy atom. The molecule has 3 aromatic rings. The standard InChI is InChI=1S/C23H20BrFN2O3/c1-14-10-17(24)11-15(2)22(14)30-13-21(28)26-20-5-3-4-16(12-20)23(29)27-19-8-6-18(25)7-9-19/h3-12H,13H2,1-2H3,(H,26,28)(H,27,29). The molecule has 3 aromatic carbocycles. The summed E-state index contributed by atoms with van der Waals surface area (Å²) in [7, 11) is 0. The summed E-state index contributed by atoms with van der Waals surface area (Å²) in [5.74, 6) is -0.419. The molecule has 0 heterocycles. The van der Waals surface area contributed by atoms with Crippen LogP contribution in [-0.4, -0.2) is 18.4 Å². The Morgan fingerprint density at radius 2 is 1.60 bits per heavy atom. The average Bonchev–Trinajstić information content (AvgIpc) is 2.69. The minimum Gasteiger partial charge on any atom is -0.483 e. The molecule has 0 aliphatic rings. The highest BCUT2D eigenvalue weighted by molar-refractivity contribution is 9.10. The molecule has 5 nitrogen and oxygen atoms in total. The Balaban J connectivity index is 1.61. The van der Waals surface area contributed by atoms with Crippen LogP contribution in [-0.2, 0) is 4.79 Å². The van der Waals surface area contributed by atoms with Crippen LogP contribution in [0.5, 0.6) is 5.75 Å². The SMILES string of the molecule is Cc1cc(Br)cc(C)c1OCC(=O)Nc1cccc(C(=O)Nc2ccc(F)cc2)c1. The zero-order chi connectivity index (χ0) is 21.7. The third-order valence-electron chi connectivity index (χ3n) is 4.28. The number of carbonyl (C=O) groups excluding carboxylic acids is 2. The predicted octanol–water partition coefficient (Wildman–Crippen LogP) is 5.47. The Labute approximate surface area is 182 Å². The zero-order valence-electron chi connectivity index (χ0n) is 16.5. The van der Waals surface area contributed by atoms with Gasteiger partial charge in [-0.05, 0) is 79.6 Å².